The third-order valence-corrected chi connectivity index (χ3v) is 6.62. The zero-order chi connectivity index (χ0) is 17.9. The molecule has 2 atom stereocenters. The molecule has 3 aliphatic rings. The number of carbonyl (C=O) groups excluding carboxylic acids is 1. The number of amides is 1. The highest BCUT2D eigenvalue weighted by Crippen LogP contribution is 2.27. The summed E-state index contributed by atoms with van der Waals surface area (Å²) in [5, 5.41) is 5.23. The van der Waals surface area contributed by atoms with Crippen LogP contribution in [-0.2, 0) is 4.79 Å². The first kappa shape index (κ1) is 18.0. The van der Waals surface area contributed by atoms with Crippen LogP contribution in [0.4, 0.5) is 5.69 Å². The van der Waals surface area contributed by atoms with Crippen LogP contribution in [-0.4, -0.2) is 60.0 Å². The predicted octanol–water partition coefficient (Wildman–Crippen LogP) is 2.99. The zero-order valence-electron chi connectivity index (χ0n) is 14.9. The number of hydrogen-bond acceptors (Lipinski definition) is 5. The molecule has 1 N–H and O–H groups in total. The molecule has 0 bridgehead atoms. The Morgan fingerprint density at radius 3 is 2.62 bits per heavy atom. The summed E-state index contributed by atoms with van der Waals surface area (Å²) in [6.45, 7) is 3.27. The summed E-state index contributed by atoms with van der Waals surface area (Å²) >= 11 is 7.53. The molecule has 5 nitrogen and oxygen atoms in total. The third kappa shape index (κ3) is 4.12. The van der Waals surface area contributed by atoms with Crippen molar-refractivity contribution < 1.29 is 4.79 Å². The van der Waals surface area contributed by atoms with E-state index >= 15 is 0 Å². The molecule has 0 radical (unpaired) electrons. The molecular formula is C19H25ClN4OS. The van der Waals surface area contributed by atoms with Gasteiger partial charge in [0.25, 0.3) is 0 Å². The Morgan fingerprint density at radius 2 is 1.88 bits per heavy atom. The Morgan fingerprint density at radius 1 is 1.15 bits per heavy atom. The molecular weight excluding hydrogens is 368 g/mol. The van der Waals surface area contributed by atoms with Gasteiger partial charge in [-0.2, -0.15) is 0 Å². The van der Waals surface area contributed by atoms with Crippen LogP contribution in [0, 0.1) is 0 Å². The van der Waals surface area contributed by atoms with E-state index in [4.69, 9.17) is 16.6 Å². The van der Waals surface area contributed by atoms with E-state index in [0.717, 1.165) is 36.4 Å². The first-order chi connectivity index (χ1) is 12.7. The molecule has 2 aliphatic heterocycles. The molecule has 1 aliphatic carbocycles. The monoisotopic (exact) mass is 392 g/mol. The zero-order valence-corrected chi connectivity index (χ0v) is 16.4. The van der Waals surface area contributed by atoms with E-state index in [2.05, 4.69) is 10.2 Å². The number of rotatable bonds is 3. The van der Waals surface area contributed by atoms with Gasteiger partial charge in [0.15, 0.2) is 5.17 Å². The van der Waals surface area contributed by atoms with Crippen LogP contribution in [0.25, 0.3) is 0 Å². The first-order valence-corrected chi connectivity index (χ1v) is 10.8. The summed E-state index contributed by atoms with van der Waals surface area (Å²) in [5.74, 6) is 0.691. The number of hydrogen-bond donors (Lipinski definition) is 1. The average molecular weight is 393 g/mol. The van der Waals surface area contributed by atoms with Gasteiger partial charge in [0.05, 0.1) is 17.8 Å². The molecule has 0 spiro atoms. The molecule has 26 heavy (non-hydrogen) atoms. The van der Waals surface area contributed by atoms with Crippen LogP contribution in [0.15, 0.2) is 29.3 Å². The number of thioether (sulfide) groups is 1. The first-order valence-electron chi connectivity index (χ1n) is 9.44. The number of halogens is 1. The van der Waals surface area contributed by atoms with E-state index in [9.17, 15) is 4.79 Å². The molecule has 2 heterocycles. The lowest BCUT2D eigenvalue weighted by Gasteiger charge is -2.36. The maximum absolute atomic E-state index is 12.5. The van der Waals surface area contributed by atoms with Gasteiger partial charge >= 0.3 is 0 Å². The van der Waals surface area contributed by atoms with Crippen molar-refractivity contribution in [3.8, 4) is 0 Å². The summed E-state index contributed by atoms with van der Waals surface area (Å²) in [6, 6.07) is 8.85. The van der Waals surface area contributed by atoms with Crippen molar-refractivity contribution in [3.63, 3.8) is 0 Å². The summed E-state index contributed by atoms with van der Waals surface area (Å²) in [5.41, 5.74) is 1.17. The van der Waals surface area contributed by atoms with Crippen molar-refractivity contribution in [1.82, 2.24) is 10.2 Å². The van der Waals surface area contributed by atoms with Crippen molar-refractivity contribution in [3.05, 3.63) is 29.3 Å². The molecule has 1 amide bonds. The molecule has 4 rings (SSSR count). The van der Waals surface area contributed by atoms with Gasteiger partial charge in [0, 0.05) is 36.9 Å². The molecule has 1 aromatic rings. The standard InChI is InChI=1S/C19H25ClN4OS/c20-14-5-7-15(8-6-14)23-9-11-24(12-10-23)18(25)13-26-19-21-16-3-1-2-4-17(16)22-19/h5-8,16-17H,1-4,9-13H2,(H,21,22)/t16-,17-/m0/s1. The Labute approximate surface area is 164 Å². The SMILES string of the molecule is O=C(CSC1=N[C@H]2CCCC[C@@H]2N1)N1CCN(c2ccc(Cl)cc2)CC1. The highest BCUT2D eigenvalue weighted by molar-refractivity contribution is 8.14. The van der Waals surface area contributed by atoms with Crippen LogP contribution < -0.4 is 10.2 Å². The number of nitrogens with one attached hydrogen (secondary N) is 1. The summed E-state index contributed by atoms with van der Waals surface area (Å²) < 4.78 is 0. The number of piperazine rings is 1. The van der Waals surface area contributed by atoms with Gasteiger partial charge in [-0.3, -0.25) is 9.79 Å². The van der Waals surface area contributed by atoms with Gasteiger partial charge in [-0.25, -0.2) is 0 Å². The second kappa shape index (κ2) is 8.09. The summed E-state index contributed by atoms with van der Waals surface area (Å²) in [4.78, 5) is 21.6. The van der Waals surface area contributed by atoms with Crippen LogP contribution >= 0.6 is 23.4 Å². The highest BCUT2D eigenvalue weighted by atomic mass is 35.5. The number of fused-ring (bicyclic) bond motifs is 1. The molecule has 1 saturated carbocycles. The second-order valence-corrected chi connectivity index (χ2v) is 8.57. The fourth-order valence-corrected chi connectivity index (χ4v) is 4.96. The van der Waals surface area contributed by atoms with E-state index < -0.39 is 0 Å². The fraction of sp³-hybridized carbons (Fsp3) is 0.579. The van der Waals surface area contributed by atoms with Gasteiger partial charge in [-0.1, -0.05) is 36.2 Å². The lowest BCUT2D eigenvalue weighted by Crippen LogP contribution is -2.49. The topological polar surface area (TPSA) is 47.9 Å². The van der Waals surface area contributed by atoms with E-state index in [1.807, 2.05) is 29.2 Å². The Balaban J connectivity index is 1.23. The Hall–Kier alpha value is -1.40. The van der Waals surface area contributed by atoms with Gasteiger partial charge in [0.2, 0.25) is 5.91 Å². The molecule has 7 heteroatoms. The summed E-state index contributed by atoms with van der Waals surface area (Å²) in [7, 11) is 0. The van der Waals surface area contributed by atoms with Crippen molar-refractivity contribution in [2.45, 2.75) is 37.8 Å². The van der Waals surface area contributed by atoms with E-state index in [0.29, 0.717) is 17.8 Å². The normalized spacial score (nSPS) is 25.5. The van der Waals surface area contributed by atoms with Gasteiger partial charge in [-0.15, -0.1) is 0 Å². The second-order valence-electron chi connectivity index (χ2n) is 7.17. The molecule has 1 saturated heterocycles. The molecule has 0 unspecified atom stereocenters. The number of nitrogens with zero attached hydrogens (tertiary/aromatic N) is 3. The highest BCUT2D eigenvalue weighted by Gasteiger charge is 2.31. The van der Waals surface area contributed by atoms with Crippen LogP contribution in [0.2, 0.25) is 5.02 Å². The predicted molar refractivity (Wildman–Crippen MR) is 109 cm³/mol. The molecule has 140 valence electrons. The lowest BCUT2D eigenvalue weighted by molar-refractivity contribution is -0.128. The number of aliphatic imine (C=N–C) groups is 1. The average Bonchev–Trinajstić information content (AvgIpc) is 3.10. The van der Waals surface area contributed by atoms with E-state index in [1.54, 1.807) is 11.8 Å². The van der Waals surface area contributed by atoms with Gasteiger partial charge < -0.3 is 15.1 Å². The van der Waals surface area contributed by atoms with Crippen molar-refractivity contribution in [2.24, 2.45) is 4.99 Å². The van der Waals surface area contributed by atoms with Gasteiger partial charge in [0.1, 0.15) is 0 Å². The van der Waals surface area contributed by atoms with E-state index in [-0.39, 0.29) is 5.91 Å². The smallest absolute Gasteiger partial charge is 0.233 e. The van der Waals surface area contributed by atoms with Crippen LogP contribution in [0.1, 0.15) is 25.7 Å². The van der Waals surface area contributed by atoms with Crippen molar-refractivity contribution in [1.29, 1.82) is 0 Å². The number of anilines is 1. The van der Waals surface area contributed by atoms with Crippen LogP contribution in [0.5, 0.6) is 0 Å². The Bertz CT molecular complexity index is 673. The molecule has 2 fully saturated rings. The largest absolute Gasteiger partial charge is 0.368 e. The molecule has 1 aromatic carbocycles. The number of benzene rings is 1. The molecule has 0 aromatic heterocycles. The number of amidine groups is 1. The minimum atomic E-state index is 0.213. The minimum absolute atomic E-state index is 0.213. The maximum Gasteiger partial charge on any atom is 0.233 e. The minimum Gasteiger partial charge on any atom is -0.368 e. The number of carbonyl (C=O) groups is 1. The fourth-order valence-electron chi connectivity index (χ4n) is 3.95. The quantitative estimate of drug-likeness (QED) is 0.859. The third-order valence-electron chi connectivity index (χ3n) is 5.48. The lowest BCUT2D eigenvalue weighted by atomic mass is 9.92. The van der Waals surface area contributed by atoms with Gasteiger partial charge in [-0.05, 0) is 37.1 Å². The Kier molecular flexibility index (Phi) is 5.60. The van der Waals surface area contributed by atoms with Crippen molar-refractivity contribution >= 4 is 40.1 Å². The van der Waals surface area contributed by atoms with E-state index in [1.165, 1.54) is 31.4 Å². The maximum atomic E-state index is 12.5. The van der Waals surface area contributed by atoms with Crippen molar-refractivity contribution in [2.75, 3.05) is 36.8 Å². The van der Waals surface area contributed by atoms with Crippen LogP contribution in [0.3, 0.4) is 0 Å². The summed E-state index contributed by atoms with van der Waals surface area (Å²) in [6.07, 6.45) is 4.96.